The minimum atomic E-state index is 0.0686. The molecule has 1 atom stereocenters. The second-order valence-electron chi connectivity index (χ2n) is 4.42. The smallest absolute Gasteiger partial charge is 0.222 e. The maximum Gasteiger partial charge on any atom is 0.222 e. The van der Waals surface area contributed by atoms with Crippen molar-refractivity contribution in [1.29, 1.82) is 0 Å². The predicted molar refractivity (Wildman–Crippen MR) is 64.7 cm³/mol. The van der Waals surface area contributed by atoms with E-state index >= 15 is 0 Å². The Labute approximate surface area is 94.0 Å². The first-order chi connectivity index (χ1) is 7.07. The predicted octanol–water partition coefficient (Wildman–Crippen LogP) is 2.15. The summed E-state index contributed by atoms with van der Waals surface area (Å²) in [5, 5.41) is 0. The van der Waals surface area contributed by atoms with Crippen molar-refractivity contribution >= 4 is 5.91 Å². The molecule has 15 heavy (non-hydrogen) atoms. The molecule has 0 radical (unpaired) electrons. The molecular formula is C12H26N2O. The van der Waals surface area contributed by atoms with E-state index in [2.05, 4.69) is 6.92 Å². The maximum atomic E-state index is 11.6. The normalized spacial score (nSPS) is 12.5. The first-order valence-corrected chi connectivity index (χ1v) is 6.07. The molecular weight excluding hydrogens is 188 g/mol. The van der Waals surface area contributed by atoms with Gasteiger partial charge in [-0.1, -0.05) is 32.6 Å². The summed E-state index contributed by atoms with van der Waals surface area (Å²) in [4.78, 5) is 13.3. The number of hydrogen-bond acceptors (Lipinski definition) is 2. The summed E-state index contributed by atoms with van der Waals surface area (Å²) in [6, 6.07) is 0.0686. The van der Waals surface area contributed by atoms with Crippen LogP contribution in [-0.4, -0.2) is 30.4 Å². The third-order valence-corrected chi connectivity index (χ3v) is 2.48. The van der Waals surface area contributed by atoms with Crippen molar-refractivity contribution in [2.75, 3.05) is 13.6 Å². The van der Waals surface area contributed by atoms with E-state index in [1.807, 2.05) is 14.0 Å². The Morgan fingerprint density at radius 3 is 2.40 bits per heavy atom. The first-order valence-electron chi connectivity index (χ1n) is 6.07. The summed E-state index contributed by atoms with van der Waals surface area (Å²) < 4.78 is 0. The van der Waals surface area contributed by atoms with Crippen LogP contribution in [0.15, 0.2) is 0 Å². The Kier molecular flexibility index (Phi) is 8.38. The van der Waals surface area contributed by atoms with Crippen LogP contribution in [0.3, 0.4) is 0 Å². The number of unbranched alkanes of at least 4 members (excludes halogenated alkanes) is 4. The van der Waals surface area contributed by atoms with Crippen LogP contribution in [0.4, 0.5) is 0 Å². The van der Waals surface area contributed by atoms with Crippen molar-refractivity contribution in [1.82, 2.24) is 4.90 Å². The molecule has 0 aromatic carbocycles. The largest absolute Gasteiger partial charge is 0.344 e. The highest BCUT2D eigenvalue weighted by Gasteiger charge is 2.09. The molecule has 0 bridgehead atoms. The molecule has 0 aromatic rings. The fourth-order valence-corrected chi connectivity index (χ4v) is 1.60. The molecule has 0 aromatic heterocycles. The highest BCUT2D eigenvalue weighted by molar-refractivity contribution is 5.75. The van der Waals surface area contributed by atoms with Gasteiger partial charge in [-0.05, 0) is 13.3 Å². The van der Waals surface area contributed by atoms with Crippen molar-refractivity contribution in [2.24, 2.45) is 5.73 Å². The zero-order valence-electron chi connectivity index (χ0n) is 10.5. The third-order valence-electron chi connectivity index (χ3n) is 2.48. The zero-order chi connectivity index (χ0) is 11.7. The van der Waals surface area contributed by atoms with Crippen molar-refractivity contribution in [2.45, 2.75) is 58.4 Å². The Balaban J connectivity index is 3.47. The molecule has 3 heteroatoms. The summed E-state index contributed by atoms with van der Waals surface area (Å²) in [6.07, 6.45) is 6.64. The van der Waals surface area contributed by atoms with Gasteiger partial charge in [-0.15, -0.1) is 0 Å². The first kappa shape index (κ1) is 14.4. The summed E-state index contributed by atoms with van der Waals surface area (Å²) in [6.45, 7) is 4.78. The van der Waals surface area contributed by atoms with Crippen LogP contribution in [-0.2, 0) is 4.79 Å². The van der Waals surface area contributed by atoms with E-state index in [-0.39, 0.29) is 11.9 Å². The van der Waals surface area contributed by atoms with E-state index in [4.69, 9.17) is 5.73 Å². The van der Waals surface area contributed by atoms with Crippen molar-refractivity contribution in [3.05, 3.63) is 0 Å². The van der Waals surface area contributed by atoms with Crippen molar-refractivity contribution in [3.63, 3.8) is 0 Å². The highest BCUT2D eigenvalue weighted by atomic mass is 16.2. The molecule has 0 fully saturated rings. The Hall–Kier alpha value is -0.570. The van der Waals surface area contributed by atoms with E-state index in [1.54, 1.807) is 4.90 Å². The Morgan fingerprint density at radius 2 is 1.87 bits per heavy atom. The van der Waals surface area contributed by atoms with Gasteiger partial charge in [0.05, 0.1) is 0 Å². The monoisotopic (exact) mass is 214 g/mol. The van der Waals surface area contributed by atoms with Crippen LogP contribution < -0.4 is 5.73 Å². The molecule has 1 unspecified atom stereocenters. The van der Waals surface area contributed by atoms with Gasteiger partial charge >= 0.3 is 0 Å². The number of likely N-dealkylation sites (N-methyl/N-ethyl adjacent to an activating group) is 1. The standard InChI is InChI=1S/C12H26N2O/c1-4-5-6-7-8-9-12(15)14(3)10-11(2)13/h11H,4-10,13H2,1-3H3. The molecule has 0 heterocycles. The highest BCUT2D eigenvalue weighted by Crippen LogP contribution is 2.06. The SMILES string of the molecule is CCCCCCCC(=O)N(C)CC(C)N. The van der Waals surface area contributed by atoms with Gasteiger partial charge < -0.3 is 10.6 Å². The lowest BCUT2D eigenvalue weighted by atomic mass is 10.1. The third kappa shape index (κ3) is 8.43. The van der Waals surface area contributed by atoms with Crippen molar-refractivity contribution < 1.29 is 4.79 Å². The number of carbonyl (C=O) groups is 1. The topological polar surface area (TPSA) is 46.3 Å². The average molecular weight is 214 g/mol. The van der Waals surface area contributed by atoms with E-state index in [9.17, 15) is 4.79 Å². The van der Waals surface area contributed by atoms with E-state index in [1.165, 1.54) is 25.7 Å². The zero-order valence-corrected chi connectivity index (χ0v) is 10.5. The molecule has 0 saturated carbocycles. The van der Waals surface area contributed by atoms with Gasteiger partial charge in [0.1, 0.15) is 0 Å². The van der Waals surface area contributed by atoms with Gasteiger partial charge in [-0.2, -0.15) is 0 Å². The van der Waals surface area contributed by atoms with Crippen LogP contribution in [0.1, 0.15) is 52.4 Å². The van der Waals surface area contributed by atoms with Gasteiger partial charge in [0, 0.05) is 26.1 Å². The van der Waals surface area contributed by atoms with Crippen LogP contribution >= 0.6 is 0 Å². The van der Waals surface area contributed by atoms with E-state index in [0.717, 1.165) is 6.42 Å². The number of rotatable bonds is 8. The molecule has 90 valence electrons. The van der Waals surface area contributed by atoms with Crippen LogP contribution in [0.2, 0.25) is 0 Å². The molecule has 0 aliphatic heterocycles. The molecule has 0 aliphatic carbocycles. The van der Waals surface area contributed by atoms with Crippen LogP contribution in [0, 0.1) is 0 Å². The second-order valence-corrected chi connectivity index (χ2v) is 4.42. The number of nitrogens with zero attached hydrogens (tertiary/aromatic N) is 1. The lowest BCUT2D eigenvalue weighted by Crippen LogP contribution is -2.36. The summed E-state index contributed by atoms with van der Waals surface area (Å²) in [7, 11) is 1.83. The lowest BCUT2D eigenvalue weighted by molar-refractivity contribution is -0.130. The quantitative estimate of drug-likeness (QED) is 0.629. The Morgan fingerprint density at radius 1 is 1.27 bits per heavy atom. The van der Waals surface area contributed by atoms with Crippen LogP contribution in [0.25, 0.3) is 0 Å². The maximum absolute atomic E-state index is 11.6. The van der Waals surface area contributed by atoms with Gasteiger partial charge in [0.15, 0.2) is 0 Å². The molecule has 2 N–H and O–H groups in total. The van der Waals surface area contributed by atoms with Crippen molar-refractivity contribution in [3.8, 4) is 0 Å². The summed E-state index contributed by atoms with van der Waals surface area (Å²) >= 11 is 0. The Bertz CT molecular complexity index is 169. The molecule has 0 saturated heterocycles. The van der Waals surface area contributed by atoms with Gasteiger partial charge in [0.25, 0.3) is 0 Å². The molecule has 0 aliphatic rings. The van der Waals surface area contributed by atoms with Gasteiger partial charge in [0.2, 0.25) is 5.91 Å². The minimum absolute atomic E-state index is 0.0686. The summed E-state index contributed by atoms with van der Waals surface area (Å²) in [5.74, 6) is 0.226. The molecule has 0 rings (SSSR count). The number of carbonyl (C=O) groups excluding carboxylic acids is 1. The minimum Gasteiger partial charge on any atom is -0.344 e. The fraction of sp³-hybridized carbons (Fsp3) is 0.917. The second kappa shape index (κ2) is 8.72. The van der Waals surface area contributed by atoms with E-state index < -0.39 is 0 Å². The van der Waals surface area contributed by atoms with E-state index in [0.29, 0.717) is 13.0 Å². The average Bonchev–Trinajstić information content (AvgIpc) is 2.16. The molecule has 0 spiro atoms. The molecule has 3 nitrogen and oxygen atoms in total. The van der Waals surface area contributed by atoms with Gasteiger partial charge in [-0.25, -0.2) is 0 Å². The number of hydrogen-bond donors (Lipinski definition) is 1. The lowest BCUT2D eigenvalue weighted by Gasteiger charge is -2.19. The fourth-order valence-electron chi connectivity index (χ4n) is 1.60. The molecule has 1 amide bonds. The number of nitrogens with two attached hydrogens (primary N) is 1. The van der Waals surface area contributed by atoms with Gasteiger partial charge in [-0.3, -0.25) is 4.79 Å². The van der Waals surface area contributed by atoms with Crippen LogP contribution in [0.5, 0.6) is 0 Å². The number of amides is 1. The summed E-state index contributed by atoms with van der Waals surface area (Å²) in [5.41, 5.74) is 5.63.